The van der Waals surface area contributed by atoms with Gasteiger partial charge >= 0.3 is 0 Å². The molecule has 0 bridgehead atoms. The number of carbonyl (C=O) groups is 3. The first-order valence-electron chi connectivity index (χ1n) is 12.3. The highest BCUT2D eigenvalue weighted by molar-refractivity contribution is 8.18. The minimum atomic E-state index is -0.534. The summed E-state index contributed by atoms with van der Waals surface area (Å²) in [7, 11) is 0. The van der Waals surface area contributed by atoms with E-state index >= 15 is 0 Å². The standard InChI is InChI=1S/C29H27ClN2O6S/c1-3-36-23-12-10-22(11-13-23)31-27(33)17-32-28(34)26(39-29(32)35)16-20-7-14-24(25(15-20)37-4-2)38-18-19-5-8-21(30)9-6-19/h5-16H,3-4,17-18H2,1-2H3,(H,31,33)/b26-16+. The first-order chi connectivity index (χ1) is 18.9. The van der Waals surface area contributed by atoms with Crippen LogP contribution in [0.2, 0.25) is 5.02 Å². The maximum Gasteiger partial charge on any atom is 0.294 e. The van der Waals surface area contributed by atoms with E-state index in [1.807, 2.05) is 26.0 Å². The third-order valence-corrected chi connectivity index (χ3v) is 6.66. The van der Waals surface area contributed by atoms with Gasteiger partial charge in [0.25, 0.3) is 11.1 Å². The van der Waals surface area contributed by atoms with Gasteiger partial charge in [0.05, 0.1) is 18.1 Å². The Labute approximate surface area is 235 Å². The molecule has 1 saturated heterocycles. The van der Waals surface area contributed by atoms with E-state index in [9.17, 15) is 14.4 Å². The summed E-state index contributed by atoms with van der Waals surface area (Å²) >= 11 is 6.73. The molecule has 1 N–H and O–H groups in total. The van der Waals surface area contributed by atoms with Crippen molar-refractivity contribution >= 4 is 52.2 Å². The summed E-state index contributed by atoms with van der Waals surface area (Å²) in [5.74, 6) is 0.716. The quantitative estimate of drug-likeness (QED) is 0.269. The van der Waals surface area contributed by atoms with E-state index in [0.717, 1.165) is 22.2 Å². The van der Waals surface area contributed by atoms with Gasteiger partial charge in [-0.1, -0.05) is 29.8 Å². The van der Waals surface area contributed by atoms with Gasteiger partial charge in [-0.15, -0.1) is 0 Å². The smallest absolute Gasteiger partial charge is 0.294 e. The SMILES string of the molecule is CCOc1ccc(NC(=O)CN2C(=O)S/C(=C/c3ccc(OCc4ccc(Cl)cc4)c(OCC)c3)C2=O)cc1. The van der Waals surface area contributed by atoms with Crippen LogP contribution in [0.3, 0.4) is 0 Å². The van der Waals surface area contributed by atoms with Crippen molar-refractivity contribution in [1.82, 2.24) is 4.90 Å². The zero-order chi connectivity index (χ0) is 27.8. The van der Waals surface area contributed by atoms with Crippen molar-refractivity contribution < 1.29 is 28.6 Å². The number of ether oxygens (including phenoxy) is 3. The summed E-state index contributed by atoms with van der Waals surface area (Å²) < 4.78 is 17.1. The number of nitrogens with zero attached hydrogens (tertiary/aromatic N) is 1. The van der Waals surface area contributed by atoms with Gasteiger partial charge in [-0.2, -0.15) is 0 Å². The van der Waals surface area contributed by atoms with Gasteiger partial charge in [0.2, 0.25) is 5.91 Å². The van der Waals surface area contributed by atoms with Crippen LogP contribution in [0.15, 0.2) is 71.6 Å². The van der Waals surface area contributed by atoms with Gasteiger partial charge in [0.1, 0.15) is 18.9 Å². The molecule has 1 aliphatic heterocycles. The van der Waals surface area contributed by atoms with Gasteiger partial charge in [-0.05, 0) is 91.3 Å². The fourth-order valence-electron chi connectivity index (χ4n) is 3.68. The fraction of sp³-hybridized carbons (Fsp3) is 0.207. The van der Waals surface area contributed by atoms with Crippen molar-refractivity contribution in [2.45, 2.75) is 20.5 Å². The summed E-state index contributed by atoms with van der Waals surface area (Å²) in [6.07, 6.45) is 1.60. The van der Waals surface area contributed by atoms with Gasteiger partial charge in [0, 0.05) is 10.7 Å². The largest absolute Gasteiger partial charge is 0.494 e. The Bertz CT molecular complexity index is 1380. The lowest BCUT2D eigenvalue weighted by atomic mass is 10.1. The molecule has 3 amide bonds. The third-order valence-electron chi connectivity index (χ3n) is 5.50. The lowest BCUT2D eigenvalue weighted by Gasteiger charge is -2.13. The average Bonchev–Trinajstić information content (AvgIpc) is 3.18. The Morgan fingerprint density at radius 3 is 2.33 bits per heavy atom. The molecule has 202 valence electrons. The number of nitrogens with one attached hydrogen (secondary N) is 1. The molecule has 4 rings (SSSR count). The molecule has 8 nitrogen and oxygen atoms in total. The minimum Gasteiger partial charge on any atom is -0.494 e. The van der Waals surface area contributed by atoms with Crippen molar-refractivity contribution in [3.8, 4) is 17.2 Å². The first-order valence-corrected chi connectivity index (χ1v) is 13.5. The number of imide groups is 1. The molecule has 39 heavy (non-hydrogen) atoms. The van der Waals surface area contributed by atoms with Crippen LogP contribution in [0.4, 0.5) is 10.5 Å². The molecule has 0 aliphatic carbocycles. The molecule has 3 aromatic rings. The predicted molar refractivity (Wildman–Crippen MR) is 152 cm³/mol. The molecule has 10 heteroatoms. The van der Waals surface area contributed by atoms with Gasteiger partial charge in [-0.3, -0.25) is 19.3 Å². The third kappa shape index (κ3) is 7.55. The molecule has 0 unspecified atom stereocenters. The maximum absolute atomic E-state index is 12.9. The zero-order valence-corrected chi connectivity index (χ0v) is 23.0. The molecule has 0 aromatic heterocycles. The molecular weight excluding hydrogens is 540 g/mol. The lowest BCUT2D eigenvalue weighted by molar-refractivity contribution is -0.127. The maximum atomic E-state index is 12.9. The number of halogens is 1. The monoisotopic (exact) mass is 566 g/mol. The van der Waals surface area contributed by atoms with Crippen LogP contribution in [0.25, 0.3) is 6.08 Å². The molecule has 1 aliphatic rings. The second-order valence-electron chi connectivity index (χ2n) is 8.33. The van der Waals surface area contributed by atoms with Crippen molar-refractivity contribution in [3.05, 3.63) is 87.8 Å². The van der Waals surface area contributed by atoms with Crippen LogP contribution in [-0.2, 0) is 16.2 Å². The fourth-order valence-corrected chi connectivity index (χ4v) is 4.64. The molecule has 3 aromatic carbocycles. The van der Waals surface area contributed by atoms with Crippen LogP contribution in [0.1, 0.15) is 25.0 Å². The number of carbonyl (C=O) groups excluding carboxylic acids is 3. The highest BCUT2D eigenvalue weighted by Gasteiger charge is 2.36. The summed E-state index contributed by atoms with van der Waals surface area (Å²) in [6, 6.07) is 19.5. The van der Waals surface area contributed by atoms with Gasteiger partial charge < -0.3 is 19.5 Å². The first kappa shape index (κ1) is 28.1. The Morgan fingerprint density at radius 1 is 0.923 bits per heavy atom. The van der Waals surface area contributed by atoms with E-state index in [1.54, 1.807) is 60.7 Å². The molecular formula is C29H27ClN2O6S. The van der Waals surface area contributed by atoms with E-state index in [2.05, 4.69) is 5.32 Å². The Kier molecular flexibility index (Phi) is 9.51. The number of thioether (sulfide) groups is 1. The molecule has 1 heterocycles. The molecule has 0 spiro atoms. The minimum absolute atomic E-state index is 0.214. The highest BCUT2D eigenvalue weighted by Crippen LogP contribution is 2.35. The topological polar surface area (TPSA) is 94.2 Å². The molecule has 1 fully saturated rings. The van der Waals surface area contributed by atoms with Crippen molar-refractivity contribution in [2.24, 2.45) is 0 Å². The van der Waals surface area contributed by atoms with E-state index < -0.39 is 23.6 Å². The summed E-state index contributed by atoms with van der Waals surface area (Å²) in [5.41, 5.74) is 2.14. The second kappa shape index (κ2) is 13.2. The Hall–Kier alpha value is -3.95. The van der Waals surface area contributed by atoms with Gasteiger partial charge in [0.15, 0.2) is 11.5 Å². The van der Waals surface area contributed by atoms with E-state index in [4.69, 9.17) is 25.8 Å². The summed E-state index contributed by atoms with van der Waals surface area (Å²) in [5, 5.41) is 2.83. The second-order valence-corrected chi connectivity index (χ2v) is 9.76. The molecule has 0 atom stereocenters. The highest BCUT2D eigenvalue weighted by atomic mass is 35.5. The normalized spacial score (nSPS) is 14.0. The number of anilines is 1. The Balaban J connectivity index is 1.41. The van der Waals surface area contributed by atoms with E-state index in [1.165, 1.54) is 0 Å². The lowest BCUT2D eigenvalue weighted by Crippen LogP contribution is -2.36. The van der Waals surface area contributed by atoms with Crippen molar-refractivity contribution in [2.75, 3.05) is 25.1 Å². The van der Waals surface area contributed by atoms with Crippen molar-refractivity contribution in [3.63, 3.8) is 0 Å². The zero-order valence-electron chi connectivity index (χ0n) is 21.4. The van der Waals surface area contributed by atoms with Crippen LogP contribution < -0.4 is 19.5 Å². The number of hydrogen-bond acceptors (Lipinski definition) is 7. The van der Waals surface area contributed by atoms with Crippen LogP contribution in [0, 0.1) is 0 Å². The molecule has 0 saturated carbocycles. The van der Waals surface area contributed by atoms with Crippen LogP contribution in [-0.4, -0.2) is 41.7 Å². The van der Waals surface area contributed by atoms with Crippen molar-refractivity contribution in [1.29, 1.82) is 0 Å². The van der Waals surface area contributed by atoms with E-state index in [-0.39, 0.29) is 4.91 Å². The Morgan fingerprint density at radius 2 is 1.64 bits per heavy atom. The summed E-state index contributed by atoms with van der Waals surface area (Å²) in [6.45, 7) is 4.63. The number of hydrogen-bond donors (Lipinski definition) is 1. The number of amides is 3. The van der Waals surface area contributed by atoms with E-state index in [0.29, 0.717) is 53.3 Å². The summed E-state index contributed by atoms with van der Waals surface area (Å²) in [4.78, 5) is 39.1. The number of benzene rings is 3. The van der Waals surface area contributed by atoms with Crippen LogP contribution >= 0.6 is 23.4 Å². The average molecular weight is 567 g/mol. The number of rotatable bonds is 11. The van der Waals surface area contributed by atoms with Crippen LogP contribution in [0.5, 0.6) is 17.2 Å². The van der Waals surface area contributed by atoms with Gasteiger partial charge in [-0.25, -0.2) is 0 Å². The predicted octanol–water partition coefficient (Wildman–Crippen LogP) is 6.39. The molecule has 0 radical (unpaired) electrons.